The van der Waals surface area contributed by atoms with Crippen molar-refractivity contribution in [2.45, 2.75) is 154 Å². The van der Waals surface area contributed by atoms with Crippen molar-refractivity contribution in [1.82, 2.24) is 26.2 Å². The normalized spacial score (nSPS) is 25.8. The van der Waals surface area contributed by atoms with Gasteiger partial charge in [0.25, 0.3) is 0 Å². The number of unbranched alkanes of at least 4 members (excludes halogenated alkanes) is 2. The van der Waals surface area contributed by atoms with Crippen LogP contribution in [-0.2, 0) is 0 Å². The highest BCUT2D eigenvalue weighted by atomic mass is 15.4. The van der Waals surface area contributed by atoms with Gasteiger partial charge in [0.2, 0.25) is 0 Å². The average Bonchev–Trinajstić information content (AvgIpc) is 2.56. The molecule has 1 unspecified atom stereocenters. The highest BCUT2D eigenvalue weighted by molar-refractivity contribution is 5.07. The molecule has 2 aliphatic heterocycles. The van der Waals surface area contributed by atoms with Crippen molar-refractivity contribution in [3.8, 4) is 0 Å². The smallest absolute Gasteiger partial charge is 0.0951 e. The third kappa shape index (κ3) is 7.92. The van der Waals surface area contributed by atoms with E-state index in [0.29, 0.717) is 18.2 Å². The van der Waals surface area contributed by atoms with Crippen molar-refractivity contribution in [1.29, 1.82) is 0 Å². The summed E-state index contributed by atoms with van der Waals surface area (Å²) < 4.78 is 0. The van der Waals surface area contributed by atoms with Crippen LogP contribution in [0, 0.1) is 0 Å². The minimum Gasteiger partial charge on any atom is -0.375 e. The molecule has 0 aromatic heterocycles. The highest BCUT2D eigenvalue weighted by Crippen LogP contribution is 2.35. The number of piperidine rings is 2. The second kappa shape index (κ2) is 10.2. The van der Waals surface area contributed by atoms with Crippen LogP contribution in [0.25, 0.3) is 0 Å². The topological polar surface area (TPSA) is 51.4 Å². The van der Waals surface area contributed by atoms with Gasteiger partial charge in [0.1, 0.15) is 0 Å². The second-order valence-corrected chi connectivity index (χ2v) is 13.2. The number of hydrogen-bond acceptors (Lipinski definition) is 5. The van der Waals surface area contributed by atoms with E-state index in [4.69, 9.17) is 0 Å². The van der Waals surface area contributed by atoms with E-state index < -0.39 is 0 Å². The summed E-state index contributed by atoms with van der Waals surface area (Å²) >= 11 is 0. The van der Waals surface area contributed by atoms with E-state index in [1.54, 1.807) is 0 Å². The third-order valence-corrected chi connectivity index (χ3v) is 7.20. The molecular weight excluding hydrogens is 394 g/mol. The van der Waals surface area contributed by atoms with Gasteiger partial charge in [0.15, 0.2) is 0 Å². The van der Waals surface area contributed by atoms with Gasteiger partial charge in [-0.05, 0) is 87.5 Å². The van der Waals surface area contributed by atoms with Gasteiger partial charge in [-0.1, -0.05) is 32.8 Å². The summed E-state index contributed by atoms with van der Waals surface area (Å²) in [6.45, 7) is 25.5. The van der Waals surface area contributed by atoms with Gasteiger partial charge in [-0.15, -0.1) is 0 Å². The maximum Gasteiger partial charge on any atom is 0.0951 e. The van der Waals surface area contributed by atoms with E-state index in [-0.39, 0.29) is 22.2 Å². The van der Waals surface area contributed by atoms with Crippen LogP contribution in [0.5, 0.6) is 0 Å². The molecule has 0 aliphatic carbocycles. The van der Waals surface area contributed by atoms with Gasteiger partial charge in [-0.2, -0.15) is 0 Å². The lowest BCUT2D eigenvalue weighted by atomic mass is 9.78. The van der Waals surface area contributed by atoms with Crippen molar-refractivity contribution in [3.63, 3.8) is 0 Å². The van der Waals surface area contributed by atoms with Crippen LogP contribution in [0.4, 0.5) is 0 Å². The molecule has 1 atom stereocenters. The van der Waals surface area contributed by atoms with Crippen molar-refractivity contribution in [2.24, 2.45) is 0 Å². The molecule has 2 fully saturated rings. The Morgan fingerprint density at radius 3 is 1.78 bits per heavy atom. The number of hydrogen-bond donors (Lipinski definition) is 4. The SMILES string of the molecule is C=C(NC)N(C1CC(C)(C)NC(C)(C)C1)C(CCCCC)NC1CC(C)(C)NC(C)(C)C1. The van der Waals surface area contributed by atoms with Gasteiger partial charge in [-0.3, -0.25) is 5.32 Å². The molecule has 5 nitrogen and oxygen atoms in total. The van der Waals surface area contributed by atoms with Crippen LogP contribution in [0.2, 0.25) is 0 Å². The van der Waals surface area contributed by atoms with E-state index >= 15 is 0 Å². The fraction of sp³-hybridized carbons (Fsp3) is 0.926. The van der Waals surface area contributed by atoms with E-state index in [1.165, 1.54) is 19.3 Å². The zero-order chi connectivity index (χ0) is 24.4. The van der Waals surface area contributed by atoms with E-state index in [2.05, 4.69) is 95.1 Å². The lowest BCUT2D eigenvalue weighted by molar-refractivity contribution is 0.0318. The molecule has 0 radical (unpaired) electrons. The molecule has 0 bridgehead atoms. The molecule has 0 saturated carbocycles. The molecule has 0 aromatic rings. The van der Waals surface area contributed by atoms with Crippen LogP contribution in [0.15, 0.2) is 12.4 Å². The summed E-state index contributed by atoms with van der Waals surface area (Å²) in [7, 11) is 2.02. The first-order valence-corrected chi connectivity index (χ1v) is 13.1. The first-order chi connectivity index (χ1) is 14.6. The summed E-state index contributed by atoms with van der Waals surface area (Å²) in [6.07, 6.45) is 9.75. The first-order valence-electron chi connectivity index (χ1n) is 13.1. The van der Waals surface area contributed by atoms with Crippen LogP contribution in [0.3, 0.4) is 0 Å². The quantitative estimate of drug-likeness (QED) is 0.276. The third-order valence-electron chi connectivity index (χ3n) is 7.20. The summed E-state index contributed by atoms with van der Waals surface area (Å²) in [4.78, 5) is 2.61. The zero-order valence-electron chi connectivity index (χ0n) is 23.0. The van der Waals surface area contributed by atoms with E-state index in [9.17, 15) is 0 Å². The Labute approximate surface area is 199 Å². The molecule has 32 heavy (non-hydrogen) atoms. The Morgan fingerprint density at radius 1 is 0.875 bits per heavy atom. The predicted octanol–water partition coefficient (Wildman–Crippen LogP) is 5.09. The minimum atomic E-state index is 0.103. The highest BCUT2D eigenvalue weighted by Gasteiger charge is 2.43. The van der Waals surface area contributed by atoms with Crippen molar-refractivity contribution >= 4 is 0 Å². The molecule has 5 heteroatoms. The maximum absolute atomic E-state index is 4.49. The van der Waals surface area contributed by atoms with Crippen LogP contribution in [-0.4, -0.2) is 52.4 Å². The lowest BCUT2D eigenvalue weighted by Gasteiger charge is -2.53. The Hall–Kier alpha value is -0.780. The van der Waals surface area contributed by atoms with Gasteiger partial charge in [0, 0.05) is 41.3 Å². The number of nitrogens with one attached hydrogen (secondary N) is 4. The summed E-state index contributed by atoms with van der Waals surface area (Å²) in [5, 5.41) is 15.3. The maximum atomic E-state index is 4.49. The van der Waals surface area contributed by atoms with Crippen molar-refractivity contribution in [3.05, 3.63) is 12.4 Å². The molecule has 4 N–H and O–H groups in total. The summed E-state index contributed by atoms with van der Waals surface area (Å²) in [5.74, 6) is 1.05. The van der Waals surface area contributed by atoms with Crippen molar-refractivity contribution in [2.75, 3.05) is 7.05 Å². The standard InChI is InChI=1S/C27H55N5/c1-12-13-14-15-23(29-21-16-24(3,4)30-25(5,6)17-21)32(20(2)28-11)22-18-26(7,8)31-27(9,10)19-22/h21-23,28-31H,2,12-19H2,1,3-11H3. The summed E-state index contributed by atoms with van der Waals surface area (Å²) in [6, 6.07) is 0.936. The molecule has 2 saturated heterocycles. The molecule has 2 aliphatic rings. The van der Waals surface area contributed by atoms with Gasteiger partial charge in [-0.25, -0.2) is 0 Å². The predicted molar refractivity (Wildman–Crippen MR) is 140 cm³/mol. The van der Waals surface area contributed by atoms with E-state index in [0.717, 1.165) is 37.9 Å². The molecule has 0 amide bonds. The molecule has 188 valence electrons. The zero-order valence-corrected chi connectivity index (χ0v) is 23.0. The van der Waals surface area contributed by atoms with E-state index in [1.807, 2.05) is 7.05 Å². The van der Waals surface area contributed by atoms with Gasteiger partial charge < -0.3 is 20.9 Å². The first kappa shape index (κ1) is 27.5. The monoisotopic (exact) mass is 449 g/mol. The van der Waals surface area contributed by atoms with Gasteiger partial charge in [0.05, 0.1) is 12.0 Å². The molecule has 0 aromatic carbocycles. The number of rotatable bonds is 10. The van der Waals surface area contributed by atoms with Crippen molar-refractivity contribution < 1.29 is 0 Å². The Kier molecular flexibility index (Phi) is 8.78. The second-order valence-electron chi connectivity index (χ2n) is 13.2. The lowest BCUT2D eigenvalue weighted by Crippen LogP contribution is -2.67. The van der Waals surface area contributed by atoms with Crippen LogP contribution in [0.1, 0.15) is 114 Å². The largest absolute Gasteiger partial charge is 0.375 e. The minimum absolute atomic E-state index is 0.103. The van der Waals surface area contributed by atoms with Gasteiger partial charge >= 0.3 is 0 Å². The Bertz CT molecular complexity index is 590. The molecular formula is C27H55N5. The average molecular weight is 450 g/mol. The molecule has 0 spiro atoms. The van der Waals surface area contributed by atoms with Crippen LogP contribution < -0.4 is 21.3 Å². The van der Waals surface area contributed by atoms with Crippen LogP contribution >= 0.6 is 0 Å². The fourth-order valence-corrected chi connectivity index (χ4v) is 6.86. The molecule has 2 rings (SSSR count). The molecule has 2 heterocycles. The summed E-state index contributed by atoms with van der Waals surface area (Å²) in [5.41, 5.74) is 0.477. The number of nitrogens with zero attached hydrogens (tertiary/aromatic N) is 1. The Balaban J connectivity index is 2.33. The fourth-order valence-electron chi connectivity index (χ4n) is 6.86. The Morgan fingerprint density at radius 2 is 1.34 bits per heavy atom.